The number of Topliss-reactive ketones (excluding diaryl/α,β-unsaturated/α-hetero) is 3. The molecule has 5 aliphatic heterocycles. The van der Waals surface area contributed by atoms with Crippen LogP contribution in [0.1, 0.15) is 130 Å². The summed E-state index contributed by atoms with van der Waals surface area (Å²) in [4.78, 5) is 126. The second-order valence-electron chi connectivity index (χ2n) is 21.4. The van der Waals surface area contributed by atoms with Crippen molar-refractivity contribution in [3.05, 3.63) is 112 Å². The number of nitrogens with zero attached hydrogens (tertiary/aromatic N) is 4. The Morgan fingerprint density at radius 2 is 1.60 bits per heavy atom. The first-order valence-corrected chi connectivity index (χ1v) is 27.6. The molecule has 0 radical (unpaired) electrons. The molecule has 7 bridgehead atoms. The van der Waals surface area contributed by atoms with Gasteiger partial charge in [-0.15, -0.1) is 11.8 Å². The number of phenols is 1. The molecule has 3 N–H and O–H groups in total. The average Bonchev–Trinajstić information content (AvgIpc) is 3.87. The second-order valence-corrected chi connectivity index (χ2v) is 22.6. The van der Waals surface area contributed by atoms with Gasteiger partial charge in [-0.1, -0.05) is 51.0 Å². The van der Waals surface area contributed by atoms with E-state index >= 15 is 0 Å². The van der Waals surface area contributed by atoms with Crippen LogP contribution < -0.4 is 21.3 Å². The molecule has 1 aromatic carbocycles. The second kappa shape index (κ2) is 25.4. The smallest absolute Gasteiger partial charge is 0.330 e. The van der Waals surface area contributed by atoms with Crippen molar-refractivity contribution in [3.8, 4) is 11.5 Å². The van der Waals surface area contributed by atoms with Crippen LogP contribution in [0.15, 0.2) is 67.6 Å². The number of hydrogen-bond donors (Lipinski definition) is 3. The number of aryl methyl sites for hydroxylation is 1. The topological polar surface area (TPSA) is 338 Å². The molecule has 1 aliphatic carbocycles. The summed E-state index contributed by atoms with van der Waals surface area (Å²) in [5.41, 5.74) is 6.06. The number of phenolic OH excluding ortho intramolecular Hbond substituents is 1. The predicted molar refractivity (Wildman–Crippen MR) is 291 cm³/mol. The van der Waals surface area contributed by atoms with E-state index in [0.717, 1.165) is 4.57 Å². The molecule has 26 heteroatoms. The molecule has 0 spiro atoms. The molecule has 2 aromatic rings. The number of allylic oxidation sites excluding steroid dienone is 4. The lowest BCUT2D eigenvalue weighted by molar-refractivity contribution is -0.336. The zero-order valence-electron chi connectivity index (χ0n) is 47.6. The van der Waals surface area contributed by atoms with Gasteiger partial charge in [0.1, 0.15) is 48.8 Å². The number of hydrogen-bond acceptors (Lipinski definition) is 21. The SMILES string of the molecule is CO[C@H]1C=CO[C@@]2(C)Oc3c(C)c(O)c4c(c3C2=O)C(=O)C(SCCOC(=O)CCC(=O)OC[C@H]2O[C@@H](n3cc(C)c(=O)[nH]c3=O)C[C@@H]2N=[N+]=[N-])=C(NC(=O)/C(C)=C\C=C/[C@H](C)[C@@H]2OC(C)(C)O[C@@H]([C@@H](C)[C@H](OC(C)=O)[C@@H]1C)[C@@H]2C)C4=O. The number of nitrogens with one attached hydrogen (secondary N) is 2. The fourth-order valence-electron chi connectivity index (χ4n) is 10.7. The number of esters is 3. The Morgan fingerprint density at radius 3 is 2.27 bits per heavy atom. The van der Waals surface area contributed by atoms with E-state index in [9.17, 15) is 48.3 Å². The van der Waals surface area contributed by atoms with Crippen molar-refractivity contribution >= 4 is 52.9 Å². The fourth-order valence-corrected chi connectivity index (χ4v) is 11.6. The first kappa shape index (κ1) is 62.3. The Morgan fingerprint density at radius 1 is 0.915 bits per heavy atom. The van der Waals surface area contributed by atoms with Gasteiger partial charge >= 0.3 is 29.4 Å². The Labute approximate surface area is 475 Å². The highest BCUT2D eigenvalue weighted by Crippen LogP contribution is 2.50. The predicted octanol–water partition coefficient (Wildman–Crippen LogP) is 6.18. The van der Waals surface area contributed by atoms with E-state index in [1.165, 1.54) is 66.3 Å². The van der Waals surface area contributed by atoms with Crippen molar-refractivity contribution in [1.82, 2.24) is 14.9 Å². The van der Waals surface area contributed by atoms with E-state index in [4.69, 9.17) is 48.2 Å². The summed E-state index contributed by atoms with van der Waals surface area (Å²) in [6.07, 6.45) is 3.66. The third-order valence-electron chi connectivity index (χ3n) is 15.1. The summed E-state index contributed by atoms with van der Waals surface area (Å²) in [5, 5.41) is 17.9. The standard InChI is InChI=1S/C56H68N6O19S/c1-25-14-13-15-26(2)52(70)58-42-44(67)40-39(45(68)50(42)82-21-20-74-37(64)16-17-38(65)75-24-35-33(60-61-57)22-36(78-35)62-23-27(3)53(71)59-54(62)72)41-49(29(5)43(40)66)81-56(11,51(41)69)76-19-18-34(73-12)28(4)47(77-32(8)63)31(7)48-30(6)46(25)79-55(9,10)80-48/h13-15,18-19,23,25,28,30-31,33-36,46-48,66H,16-17,20-22,24H2,1-12H3,(H,58,70)(H,59,71,72)/b14-13-,19-18?,26-15-/t25-,28+,30+,31-,33-,34-,35+,36+,46-,47+,48+,56-/m0/s1. The number of rotatable bonds is 13. The summed E-state index contributed by atoms with van der Waals surface area (Å²) in [5.74, 6) is -11.8. The third-order valence-corrected chi connectivity index (χ3v) is 16.1. The molecule has 442 valence electrons. The summed E-state index contributed by atoms with van der Waals surface area (Å²) in [7, 11) is 1.45. The Hall–Kier alpha value is -7.35. The Balaban J connectivity index is 1.12. The number of carbonyl (C=O) groups excluding carboxylic acids is 7. The Bertz CT molecular complexity index is 3230. The minimum Gasteiger partial charge on any atom is -0.507 e. The van der Waals surface area contributed by atoms with Gasteiger partial charge in [0.25, 0.3) is 17.2 Å². The van der Waals surface area contributed by atoms with E-state index in [0.29, 0.717) is 11.8 Å². The molecular formula is C56H68N6O19S. The van der Waals surface area contributed by atoms with Crippen LogP contribution in [-0.2, 0) is 57.1 Å². The van der Waals surface area contributed by atoms with Crippen LogP contribution in [0.4, 0.5) is 0 Å². The number of benzene rings is 1. The van der Waals surface area contributed by atoms with Gasteiger partial charge in [-0.05, 0) is 46.2 Å². The number of thioether (sulfide) groups is 1. The molecule has 82 heavy (non-hydrogen) atoms. The van der Waals surface area contributed by atoms with Crippen molar-refractivity contribution in [2.24, 2.45) is 28.8 Å². The summed E-state index contributed by atoms with van der Waals surface area (Å²) < 4.78 is 54.8. The molecule has 12 atom stereocenters. The normalized spacial score (nSPS) is 30.0. The molecule has 8 rings (SSSR count). The minimum atomic E-state index is -2.18. The molecule has 1 amide bonds. The highest BCUT2D eigenvalue weighted by atomic mass is 32.2. The highest BCUT2D eigenvalue weighted by Gasteiger charge is 2.53. The lowest BCUT2D eigenvalue weighted by Crippen LogP contribution is -2.56. The van der Waals surface area contributed by atoms with Gasteiger partial charge in [-0.2, -0.15) is 0 Å². The van der Waals surface area contributed by atoms with Gasteiger partial charge in [-0.3, -0.25) is 47.9 Å². The number of azide groups is 1. The molecular weight excluding hydrogens is 1090 g/mol. The number of carbonyl (C=O) groups is 7. The first-order chi connectivity index (χ1) is 38.6. The third kappa shape index (κ3) is 13.1. The number of methoxy groups -OCH3 is 1. The van der Waals surface area contributed by atoms with Crippen LogP contribution in [0.3, 0.4) is 0 Å². The number of aromatic amines is 1. The van der Waals surface area contributed by atoms with Crippen LogP contribution >= 0.6 is 11.8 Å². The lowest BCUT2D eigenvalue weighted by atomic mass is 9.77. The molecule has 25 nitrogen and oxygen atoms in total. The molecule has 2 fully saturated rings. The molecule has 0 unspecified atom stereocenters. The van der Waals surface area contributed by atoms with Gasteiger partial charge in [0.15, 0.2) is 5.79 Å². The highest BCUT2D eigenvalue weighted by molar-refractivity contribution is 8.04. The summed E-state index contributed by atoms with van der Waals surface area (Å²) in [6.45, 7) is 17.4. The number of aromatic nitrogens is 2. The molecule has 6 aliphatic rings. The van der Waals surface area contributed by atoms with Gasteiger partial charge in [0.2, 0.25) is 11.6 Å². The zero-order valence-corrected chi connectivity index (χ0v) is 48.4. The molecule has 0 saturated carbocycles. The van der Waals surface area contributed by atoms with Gasteiger partial charge in [0.05, 0.1) is 65.1 Å². The van der Waals surface area contributed by atoms with Crippen molar-refractivity contribution in [2.75, 3.05) is 26.1 Å². The zero-order chi connectivity index (χ0) is 60.3. The van der Waals surface area contributed by atoms with E-state index in [2.05, 4.69) is 20.3 Å². The van der Waals surface area contributed by atoms with Crippen molar-refractivity contribution in [2.45, 2.75) is 150 Å². The first-order valence-electron chi connectivity index (χ1n) is 26.6. The quantitative estimate of drug-likeness (QED) is 0.0503. The van der Waals surface area contributed by atoms with Crippen molar-refractivity contribution in [3.63, 3.8) is 0 Å². The van der Waals surface area contributed by atoms with Gasteiger partial charge in [-0.25, -0.2) is 4.79 Å². The van der Waals surface area contributed by atoms with Crippen molar-refractivity contribution < 1.29 is 81.3 Å². The number of aromatic hydroxyl groups is 1. The van der Waals surface area contributed by atoms with Crippen LogP contribution in [-0.4, -0.2) is 130 Å². The Kier molecular flexibility index (Phi) is 19.3. The monoisotopic (exact) mass is 1160 g/mol. The number of amides is 1. The molecule has 1 aromatic heterocycles. The molecule has 2 saturated heterocycles. The van der Waals surface area contributed by atoms with E-state index in [1.807, 2.05) is 33.8 Å². The van der Waals surface area contributed by atoms with E-state index < -0.39 is 161 Å². The summed E-state index contributed by atoms with van der Waals surface area (Å²) >= 11 is 0.714. The van der Waals surface area contributed by atoms with E-state index in [-0.39, 0.29) is 63.5 Å². The number of ketones is 3. The largest absolute Gasteiger partial charge is 0.507 e. The number of fused-ring (bicyclic) bond motifs is 10. The van der Waals surface area contributed by atoms with Gasteiger partial charge < -0.3 is 53.1 Å². The van der Waals surface area contributed by atoms with Crippen LogP contribution in [0.2, 0.25) is 0 Å². The van der Waals surface area contributed by atoms with E-state index in [1.54, 1.807) is 19.9 Å². The van der Waals surface area contributed by atoms with Crippen LogP contribution in [0.5, 0.6) is 11.5 Å². The molecule has 6 heterocycles. The number of ether oxygens (including phenoxy) is 9. The van der Waals surface area contributed by atoms with Crippen LogP contribution in [0.25, 0.3) is 10.4 Å². The average molecular weight is 1160 g/mol. The minimum absolute atomic E-state index is 0.0285. The maximum absolute atomic E-state index is 14.9. The van der Waals surface area contributed by atoms with Crippen molar-refractivity contribution in [1.29, 1.82) is 0 Å². The van der Waals surface area contributed by atoms with Gasteiger partial charge in [0, 0.05) is 84.6 Å². The maximum Gasteiger partial charge on any atom is 0.330 e. The fraction of sp³-hybridized carbons (Fsp3) is 0.554. The maximum atomic E-state index is 14.9. The lowest BCUT2D eigenvalue weighted by Gasteiger charge is -2.50. The number of H-pyrrole nitrogens is 1. The summed E-state index contributed by atoms with van der Waals surface area (Å²) in [6, 6.07) is -0.854. The van der Waals surface area contributed by atoms with Crippen LogP contribution in [0, 0.1) is 37.5 Å².